The highest BCUT2D eigenvalue weighted by Crippen LogP contribution is 2.68. The summed E-state index contributed by atoms with van der Waals surface area (Å²) in [5, 5.41) is 32.7. The van der Waals surface area contributed by atoms with Gasteiger partial charge in [0, 0.05) is 7.11 Å². The molecule has 15 N–H and O–H groups in total. The third-order valence-corrected chi connectivity index (χ3v) is 16.7. The van der Waals surface area contributed by atoms with E-state index in [-0.39, 0.29) is 51.2 Å². The van der Waals surface area contributed by atoms with Crippen LogP contribution in [0.15, 0.2) is 34.9 Å². The summed E-state index contributed by atoms with van der Waals surface area (Å²) in [5.41, 5.74) is 15.1. The normalized spacial score (nSPS) is 30.5. The first-order valence-electron chi connectivity index (χ1n) is 21.1. The summed E-state index contributed by atoms with van der Waals surface area (Å²) in [6.45, 7) is -3.52. The Kier molecular flexibility index (Phi) is 14.8. The summed E-state index contributed by atoms with van der Waals surface area (Å²) < 4.78 is 124. The van der Waals surface area contributed by atoms with Gasteiger partial charge in [-0.15, -0.1) is 0 Å². The number of halogens is 1. The molecule has 3 saturated heterocycles. The van der Waals surface area contributed by atoms with E-state index in [4.69, 9.17) is 54.2 Å². The highest BCUT2D eigenvalue weighted by atomic mass is 31.3. The van der Waals surface area contributed by atoms with Gasteiger partial charge in [0.25, 0.3) is 17.1 Å². The number of nitrogen functional groups attached to an aromatic ring is 3. The molecule has 0 aliphatic carbocycles. The lowest BCUT2D eigenvalue weighted by atomic mass is 10.1. The Morgan fingerprint density at radius 1 is 0.707 bits per heavy atom. The number of aliphatic hydroxyl groups excluding tert-OH is 3. The molecule has 0 aromatic carbocycles. The van der Waals surface area contributed by atoms with Crippen molar-refractivity contribution in [1.29, 1.82) is 0 Å². The molecule has 38 nitrogen and oxygen atoms in total. The first-order chi connectivity index (χ1) is 35.2. The maximum Gasteiger partial charge on any atom is 0.490 e. The first kappa shape index (κ1) is 54.6. The van der Waals surface area contributed by atoms with Crippen LogP contribution < -0.4 is 32.9 Å². The number of nitrogens with one attached hydrogen (secondary N) is 2. The number of phosphoric ester groups is 3. The van der Waals surface area contributed by atoms with Crippen molar-refractivity contribution < 1.29 is 108 Å². The van der Waals surface area contributed by atoms with Crippen LogP contribution in [0.25, 0.3) is 33.5 Å². The van der Waals surface area contributed by atoms with Gasteiger partial charge in [0.2, 0.25) is 17.7 Å². The van der Waals surface area contributed by atoms with Crippen LogP contribution in [0.3, 0.4) is 0 Å². The Hall–Kier alpha value is -5.18. The Morgan fingerprint density at radius 3 is 1.95 bits per heavy atom. The summed E-state index contributed by atoms with van der Waals surface area (Å²) in [7, 11) is -21.1. The fourth-order valence-corrected chi connectivity index (χ4v) is 12.8. The second-order valence-corrected chi connectivity index (χ2v) is 22.5. The zero-order valence-electron chi connectivity index (χ0n) is 37.9. The number of nitrogens with zero attached hydrogens (tertiary/aromatic N) is 10. The van der Waals surface area contributed by atoms with Crippen molar-refractivity contribution in [3.05, 3.63) is 46.0 Å². The Morgan fingerprint density at radius 2 is 1.28 bits per heavy atom. The van der Waals surface area contributed by atoms with E-state index in [1.165, 1.54) is 22.5 Å². The lowest BCUT2D eigenvalue weighted by molar-refractivity contribution is -0.745. The quantitative estimate of drug-likeness (QED) is 0.0274. The van der Waals surface area contributed by atoms with Crippen molar-refractivity contribution in [2.24, 2.45) is 7.05 Å². The molecular weight excluding hydrogens is 1110 g/mol. The van der Waals surface area contributed by atoms with Crippen LogP contribution in [0.1, 0.15) is 18.7 Å². The largest absolute Gasteiger partial charge is 0.490 e. The maximum absolute atomic E-state index is 16.5. The summed E-state index contributed by atoms with van der Waals surface area (Å²) in [6.07, 6.45) is -17.3. The number of aliphatic hydroxyl groups is 3. The minimum absolute atomic E-state index is 0.0100. The molecule has 3 aliphatic heterocycles. The van der Waals surface area contributed by atoms with Crippen molar-refractivity contribution >= 4 is 82.5 Å². The second-order valence-electron chi connectivity index (χ2n) is 16.4. The number of aromatic amines is 2. The van der Waals surface area contributed by atoms with Gasteiger partial charge in [0.15, 0.2) is 47.6 Å². The third kappa shape index (κ3) is 10.9. The van der Waals surface area contributed by atoms with E-state index in [2.05, 4.69) is 48.5 Å². The molecule has 75 heavy (non-hydrogen) atoms. The zero-order chi connectivity index (χ0) is 54.3. The SMILES string of the molecule is CO[C@H]1[C@@H](O)[C@H]([n+]2cn(C)c3c(=O)[nH]c(N)nc32)O[C@@H]1COP(=O)(O)OP(=O)(O)OP(=O)(O)OC[C@H]1O[C@@H](n2cnc3c(N)ncnc32)[C@H](F)[C@@H]1OP(=O)(O)OC[C@H]1O[C@@H](n2cnc3c(=O)[nH]c(N)nc32)[C@H](O)[C@@H]1O. The van der Waals surface area contributed by atoms with Gasteiger partial charge >= 0.3 is 36.9 Å². The van der Waals surface area contributed by atoms with E-state index in [9.17, 15) is 62.7 Å². The average molecular weight is 1150 g/mol. The fraction of sp³-hybridized carbons (Fsp3) is 0.531. The Balaban J connectivity index is 0.855. The molecular formula is C32H43FN15O23P4+. The van der Waals surface area contributed by atoms with E-state index in [0.717, 1.165) is 35.2 Å². The summed E-state index contributed by atoms with van der Waals surface area (Å²) in [4.78, 5) is 95.1. The number of hydrogen-bond acceptors (Lipinski definition) is 28. The van der Waals surface area contributed by atoms with Crippen LogP contribution in [0.4, 0.5) is 22.1 Å². The van der Waals surface area contributed by atoms with E-state index < -0.39 is 136 Å². The topological polar surface area (TPSA) is 542 Å². The fourth-order valence-electron chi connectivity index (χ4n) is 8.30. The number of H-pyrrole nitrogens is 2. The number of ether oxygens (including phenoxy) is 4. The number of rotatable bonds is 19. The number of alkyl halides is 1. The van der Waals surface area contributed by atoms with Crippen molar-refractivity contribution in [2.75, 3.05) is 44.1 Å². The molecule has 16 atom stereocenters. The van der Waals surface area contributed by atoms with Gasteiger partial charge in [-0.3, -0.25) is 51.4 Å². The minimum Gasteiger partial charge on any atom is -0.387 e. The number of nitrogens with two attached hydrogens (primary N) is 3. The summed E-state index contributed by atoms with van der Waals surface area (Å²) >= 11 is 0. The number of methoxy groups -OCH3 is 1. The Bertz CT molecular complexity index is 3470. The first-order valence-corrected chi connectivity index (χ1v) is 27.1. The van der Waals surface area contributed by atoms with Crippen molar-refractivity contribution in [3.8, 4) is 0 Å². The third-order valence-electron chi connectivity index (χ3n) is 11.5. The second kappa shape index (κ2) is 20.3. The molecule has 410 valence electrons. The van der Waals surface area contributed by atoms with E-state index >= 15 is 4.39 Å². The molecule has 0 saturated carbocycles. The molecule has 0 spiro atoms. The molecule has 6 aromatic heterocycles. The van der Waals surface area contributed by atoms with Gasteiger partial charge < -0.3 is 71.0 Å². The highest BCUT2D eigenvalue weighted by Gasteiger charge is 2.54. The molecule has 3 aliphatic rings. The van der Waals surface area contributed by atoms with Crippen LogP contribution in [0.2, 0.25) is 0 Å². The van der Waals surface area contributed by atoms with Gasteiger partial charge in [-0.2, -0.15) is 13.6 Å². The maximum atomic E-state index is 16.5. The van der Waals surface area contributed by atoms with Crippen LogP contribution in [0, 0.1) is 0 Å². The lowest BCUT2D eigenvalue weighted by Gasteiger charge is -2.24. The molecule has 9 rings (SSSR count). The smallest absolute Gasteiger partial charge is 0.387 e. The van der Waals surface area contributed by atoms with E-state index in [1.54, 1.807) is 0 Å². The number of fused-ring (bicyclic) bond motifs is 3. The van der Waals surface area contributed by atoms with Crippen molar-refractivity contribution in [1.82, 2.24) is 53.6 Å². The molecule has 9 heterocycles. The minimum atomic E-state index is -6.22. The monoisotopic (exact) mass is 1150 g/mol. The number of aromatic nitrogens is 12. The summed E-state index contributed by atoms with van der Waals surface area (Å²) in [5.74, 6) is -0.790. The number of imidazole rings is 3. The molecule has 0 radical (unpaired) electrons. The lowest BCUT2D eigenvalue weighted by Crippen LogP contribution is -2.46. The Labute approximate surface area is 414 Å². The van der Waals surface area contributed by atoms with Crippen LogP contribution in [-0.4, -0.2) is 170 Å². The number of phosphoric acid groups is 4. The molecule has 0 bridgehead atoms. The van der Waals surface area contributed by atoms with Gasteiger partial charge in [-0.25, -0.2) is 47.2 Å². The summed E-state index contributed by atoms with van der Waals surface area (Å²) in [6, 6.07) is 0. The number of hydrogen-bond donors (Lipinski definition) is 12. The molecule has 43 heteroatoms. The van der Waals surface area contributed by atoms with Crippen molar-refractivity contribution in [3.63, 3.8) is 0 Å². The highest BCUT2D eigenvalue weighted by molar-refractivity contribution is 7.66. The van der Waals surface area contributed by atoms with Gasteiger partial charge in [-0.05, 0) is 0 Å². The van der Waals surface area contributed by atoms with Gasteiger partial charge in [-0.1, -0.05) is 4.98 Å². The van der Waals surface area contributed by atoms with E-state index in [0.29, 0.717) is 0 Å². The van der Waals surface area contributed by atoms with Crippen LogP contribution >= 0.6 is 31.3 Å². The standard InChI is InChI=1S/C32H42FN15O23P4/c1-45-9-48(25-16(45)27(53)44-32(36)42-25)30-19(51)21(62-2)12(68-30)5-65-74(58,59)71-75(60,61)70-73(56,57)64-4-11-20(13(33)28(67-11)46-7-39-14-22(34)37-6-38-23(14)46)69-72(54,55)63-3-10-17(49)18(50)29(66-10)47-8-40-15-24(47)41-31(35)43-26(15)52/h6-13,17-21,28-30,49-51H,3-5H2,1-2H3,(H11-,34,35,36,37,38,41,42,43,44,52,53,54,55,56,57,58,59,60,61)/p+1/t10-,11-,12-,13-,17-,18-,19-,20-,21-,28-,29-,30-/m1/s1. The van der Waals surface area contributed by atoms with Crippen LogP contribution in [-0.2, 0) is 71.0 Å². The predicted octanol–water partition coefficient (Wildman–Crippen LogP) is -3.73. The van der Waals surface area contributed by atoms with Crippen molar-refractivity contribution in [2.45, 2.75) is 73.7 Å². The average Bonchev–Trinajstić information content (AvgIpc) is 4.16. The number of aryl methyl sites for hydroxylation is 1. The van der Waals surface area contributed by atoms with Gasteiger partial charge in [0.05, 0.1) is 39.5 Å². The molecule has 0 amide bonds. The van der Waals surface area contributed by atoms with Gasteiger partial charge in [0.1, 0.15) is 60.7 Å². The molecule has 4 unspecified atom stereocenters. The number of anilines is 3. The molecule has 3 fully saturated rings. The van der Waals surface area contributed by atoms with Crippen LogP contribution in [0.5, 0.6) is 0 Å². The zero-order valence-corrected chi connectivity index (χ0v) is 41.5. The predicted molar refractivity (Wildman–Crippen MR) is 238 cm³/mol. The molecule has 6 aromatic rings. The van der Waals surface area contributed by atoms with E-state index in [1.807, 2.05) is 0 Å².